The molecule has 2 rings (SSSR count). The molecule has 0 radical (unpaired) electrons. The number of para-hydroxylation sites is 1. The van der Waals surface area contributed by atoms with Crippen LogP contribution >= 0.6 is 15.9 Å². The first kappa shape index (κ1) is 15.0. The highest BCUT2D eigenvalue weighted by Crippen LogP contribution is 2.18. The second-order valence-electron chi connectivity index (χ2n) is 4.87. The van der Waals surface area contributed by atoms with Crippen molar-refractivity contribution in [1.82, 2.24) is 4.98 Å². The fourth-order valence-corrected chi connectivity index (χ4v) is 2.56. The standard InChI is InChI=1S/C17H20BrNO/c1-2-3-6-14(11-12-18)13-20-17-10-9-15-7-4-5-8-16(15)19-17/h4-5,7-12,14H,2-3,6,13H2,1H3. The molecule has 1 heterocycles. The maximum absolute atomic E-state index is 5.84. The number of hydrogen-bond acceptors (Lipinski definition) is 2. The maximum Gasteiger partial charge on any atom is 0.213 e. The van der Waals surface area contributed by atoms with E-state index in [1.165, 1.54) is 12.8 Å². The molecule has 1 unspecified atom stereocenters. The first-order valence-electron chi connectivity index (χ1n) is 7.09. The first-order chi connectivity index (χ1) is 9.83. The summed E-state index contributed by atoms with van der Waals surface area (Å²) in [4.78, 5) is 6.45. The highest BCUT2D eigenvalue weighted by Gasteiger charge is 2.06. The van der Waals surface area contributed by atoms with Gasteiger partial charge in [-0.15, -0.1) is 0 Å². The summed E-state index contributed by atoms with van der Waals surface area (Å²) in [5.41, 5.74) is 0.978. The van der Waals surface area contributed by atoms with Crippen molar-refractivity contribution < 1.29 is 4.74 Å². The van der Waals surface area contributed by atoms with E-state index in [1.54, 1.807) is 0 Å². The van der Waals surface area contributed by atoms with Crippen LogP contribution in [0.15, 0.2) is 47.5 Å². The normalized spacial score (nSPS) is 12.9. The van der Waals surface area contributed by atoms with E-state index in [0.29, 0.717) is 18.4 Å². The molecule has 0 amide bonds. The zero-order valence-corrected chi connectivity index (χ0v) is 13.3. The minimum atomic E-state index is 0.433. The minimum Gasteiger partial charge on any atom is -0.477 e. The van der Waals surface area contributed by atoms with Gasteiger partial charge in [-0.1, -0.05) is 60.0 Å². The molecule has 1 atom stereocenters. The highest BCUT2D eigenvalue weighted by molar-refractivity contribution is 9.11. The monoisotopic (exact) mass is 333 g/mol. The van der Waals surface area contributed by atoms with Gasteiger partial charge in [0, 0.05) is 17.4 Å². The number of hydrogen-bond donors (Lipinski definition) is 0. The predicted octanol–water partition coefficient (Wildman–Crippen LogP) is 5.33. The van der Waals surface area contributed by atoms with Gasteiger partial charge in [-0.3, -0.25) is 0 Å². The first-order valence-corrected chi connectivity index (χ1v) is 8.00. The summed E-state index contributed by atoms with van der Waals surface area (Å²) in [7, 11) is 0. The van der Waals surface area contributed by atoms with Gasteiger partial charge in [-0.2, -0.15) is 0 Å². The van der Waals surface area contributed by atoms with Gasteiger partial charge in [0.25, 0.3) is 0 Å². The van der Waals surface area contributed by atoms with Gasteiger partial charge < -0.3 is 4.74 Å². The molecular weight excluding hydrogens is 314 g/mol. The average Bonchev–Trinajstić information content (AvgIpc) is 2.50. The lowest BCUT2D eigenvalue weighted by Crippen LogP contribution is -2.10. The summed E-state index contributed by atoms with van der Waals surface area (Å²) in [5.74, 6) is 1.13. The Labute approximate surface area is 129 Å². The van der Waals surface area contributed by atoms with Crippen LogP contribution in [0.3, 0.4) is 0 Å². The number of benzene rings is 1. The summed E-state index contributed by atoms with van der Waals surface area (Å²) >= 11 is 3.35. The Bertz CT molecular complexity index is 568. The molecule has 20 heavy (non-hydrogen) atoms. The fraction of sp³-hybridized carbons (Fsp3) is 0.353. The van der Waals surface area contributed by atoms with Crippen molar-refractivity contribution in [3.63, 3.8) is 0 Å². The Morgan fingerprint density at radius 1 is 1.25 bits per heavy atom. The lowest BCUT2D eigenvalue weighted by atomic mass is 10.0. The number of aromatic nitrogens is 1. The number of unbranched alkanes of at least 4 members (excludes halogenated alkanes) is 1. The third-order valence-electron chi connectivity index (χ3n) is 3.29. The van der Waals surface area contributed by atoms with Crippen molar-refractivity contribution in [2.75, 3.05) is 6.61 Å². The molecule has 0 saturated heterocycles. The van der Waals surface area contributed by atoms with E-state index < -0.39 is 0 Å². The highest BCUT2D eigenvalue weighted by atomic mass is 79.9. The summed E-state index contributed by atoms with van der Waals surface area (Å²) in [6, 6.07) is 12.1. The fourth-order valence-electron chi connectivity index (χ4n) is 2.12. The van der Waals surface area contributed by atoms with Crippen LogP contribution in [0.4, 0.5) is 0 Å². The summed E-state index contributed by atoms with van der Waals surface area (Å²) in [6.07, 6.45) is 5.72. The molecule has 0 saturated carbocycles. The molecule has 3 heteroatoms. The van der Waals surface area contributed by atoms with Crippen LogP contribution in [0, 0.1) is 5.92 Å². The Morgan fingerprint density at radius 2 is 2.10 bits per heavy atom. The summed E-state index contributed by atoms with van der Waals surface area (Å²) in [6.45, 7) is 2.88. The lowest BCUT2D eigenvalue weighted by Gasteiger charge is -2.13. The molecular formula is C17H20BrNO. The summed E-state index contributed by atoms with van der Waals surface area (Å²) < 4.78 is 5.84. The summed E-state index contributed by atoms with van der Waals surface area (Å²) in [5, 5.41) is 1.14. The molecule has 0 N–H and O–H groups in total. The van der Waals surface area contributed by atoms with Crippen molar-refractivity contribution >= 4 is 26.8 Å². The Kier molecular flexibility index (Phi) is 6.06. The molecule has 0 aliphatic heterocycles. The topological polar surface area (TPSA) is 22.1 Å². The van der Waals surface area contributed by atoms with Crippen LogP contribution in [-0.4, -0.2) is 11.6 Å². The smallest absolute Gasteiger partial charge is 0.213 e. The maximum atomic E-state index is 5.84. The SMILES string of the molecule is CCCCC(C=CBr)COc1ccc2ccccc2n1. The van der Waals surface area contributed by atoms with Gasteiger partial charge in [0.15, 0.2) is 0 Å². The number of halogens is 1. The molecule has 0 aliphatic carbocycles. The Morgan fingerprint density at radius 3 is 2.90 bits per heavy atom. The van der Waals surface area contributed by atoms with Crippen molar-refractivity contribution in [2.24, 2.45) is 5.92 Å². The zero-order chi connectivity index (χ0) is 14.2. The average molecular weight is 334 g/mol. The van der Waals surface area contributed by atoms with E-state index in [2.05, 4.69) is 46.0 Å². The number of rotatable bonds is 7. The van der Waals surface area contributed by atoms with Crippen molar-refractivity contribution in [2.45, 2.75) is 26.2 Å². The third-order valence-corrected chi connectivity index (χ3v) is 3.60. The van der Waals surface area contributed by atoms with Crippen molar-refractivity contribution in [3.05, 3.63) is 47.5 Å². The quantitative estimate of drug-likeness (QED) is 0.683. The zero-order valence-electron chi connectivity index (χ0n) is 11.8. The van der Waals surface area contributed by atoms with E-state index in [1.807, 2.05) is 29.3 Å². The van der Waals surface area contributed by atoms with Crippen molar-refractivity contribution in [3.8, 4) is 5.88 Å². The van der Waals surface area contributed by atoms with Gasteiger partial charge in [0.2, 0.25) is 5.88 Å². The minimum absolute atomic E-state index is 0.433. The van der Waals surface area contributed by atoms with Crippen LogP contribution in [0.5, 0.6) is 5.88 Å². The van der Waals surface area contributed by atoms with Crippen molar-refractivity contribution in [1.29, 1.82) is 0 Å². The van der Waals surface area contributed by atoms with E-state index in [4.69, 9.17) is 4.74 Å². The van der Waals surface area contributed by atoms with Crippen LogP contribution in [-0.2, 0) is 0 Å². The predicted molar refractivity (Wildman–Crippen MR) is 88.3 cm³/mol. The van der Waals surface area contributed by atoms with Gasteiger partial charge in [0.1, 0.15) is 0 Å². The number of pyridine rings is 1. The van der Waals surface area contributed by atoms with Gasteiger partial charge >= 0.3 is 0 Å². The molecule has 0 fully saturated rings. The second kappa shape index (κ2) is 8.05. The molecule has 1 aromatic carbocycles. The van der Waals surface area contributed by atoms with E-state index in [0.717, 1.165) is 17.3 Å². The van der Waals surface area contributed by atoms with E-state index in [-0.39, 0.29) is 0 Å². The number of fused-ring (bicyclic) bond motifs is 1. The Balaban J connectivity index is 1.99. The van der Waals surface area contributed by atoms with Gasteiger partial charge in [-0.25, -0.2) is 4.98 Å². The largest absolute Gasteiger partial charge is 0.477 e. The molecule has 0 bridgehead atoms. The van der Waals surface area contributed by atoms with E-state index in [9.17, 15) is 0 Å². The molecule has 106 valence electrons. The van der Waals surface area contributed by atoms with Crippen LogP contribution in [0.1, 0.15) is 26.2 Å². The van der Waals surface area contributed by atoms with E-state index >= 15 is 0 Å². The lowest BCUT2D eigenvalue weighted by molar-refractivity contribution is 0.258. The number of nitrogens with zero attached hydrogens (tertiary/aromatic N) is 1. The molecule has 0 spiro atoms. The van der Waals surface area contributed by atoms with Crippen LogP contribution in [0.2, 0.25) is 0 Å². The van der Waals surface area contributed by atoms with Gasteiger partial charge in [0.05, 0.1) is 12.1 Å². The molecule has 0 aliphatic rings. The molecule has 2 nitrogen and oxygen atoms in total. The van der Waals surface area contributed by atoms with Crippen LogP contribution in [0.25, 0.3) is 10.9 Å². The Hall–Kier alpha value is -1.35. The molecule has 1 aromatic heterocycles. The van der Waals surface area contributed by atoms with Crippen LogP contribution < -0.4 is 4.74 Å². The molecule has 2 aromatic rings. The third kappa shape index (κ3) is 4.34. The van der Waals surface area contributed by atoms with Gasteiger partial charge in [-0.05, 0) is 23.5 Å². The number of ether oxygens (including phenoxy) is 1. The second-order valence-corrected chi connectivity index (χ2v) is 5.40.